The van der Waals surface area contributed by atoms with Crippen LogP contribution in [-0.2, 0) is 0 Å². The van der Waals surface area contributed by atoms with Gasteiger partial charge in [0.05, 0.1) is 6.20 Å². The van der Waals surface area contributed by atoms with Crippen LogP contribution in [-0.4, -0.2) is 15.7 Å². The Morgan fingerprint density at radius 3 is 2.93 bits per heavy atom. The lowest BCUT2D eigenvalue weighted by Crippen LogP contribution is -1.90. The second-order valence-electron chi connectivity index (χ2n) is 3.40. The molecule has 3 rings (SSSR count). The van der Waals surface area contributed by atoms with Crippen LogP contribution in [0.4, 0.5) is 0 Å². The summed E-state index contributed by atoms with van der Waals surface area (Å²) in [6.07, 6.45) is 4.28. The predicted octanol–water partition coefficient (Wildman–Crippen LogP) is 2.30. The van der Waals surface area contributed by atoms with E-state index in [4.69, 9.17) is 0 Å². The highest BCUT2D eigenvalue weighted by Crippen LogP contribution is 2.19. The molecule has 0 saturated heterocycles. The van der Waals surface area contributed by atoms with Gasteiger partial charge in [-0.15, -0.1) is 0 Å². The van der Waals surface area contributed by atoms with Crippen molar-refractivity contribution >= 4 is 22.7 Å². The molecule has 72 valence electrons. The van der Waals surface area contributed by atoms with E-state index in [-0.39, 0.29) is 0 Å². The molecule has 15 heavy (non-hydrogen) atoms. The highest BCUT2D eigenvalue weighted by Gasteiger charge is 2.04. The van der Waals surface area contributed by atoms with Crippen molar-refractivity contribution in [3.05, 3.63) is 48.4 Å². The molecule has 0 aliphatic heterocycles. The monoisotopic (exact) mass is 196 g/mol. The number of carbonyl (C=O) groups is 1. The third kappa shape index (κ3) is 1.06. The molecular formula is C12H8N2O. The Labute approximate surface area is 86.0 Å². The molecule has 3 nitrogen and oxygen atoms in total. The van der Waals surface area contributed by atoms with Crippen LogP contribution in [0, 0.1) is 0 Å². The topological polar surface area (TPSA) is 34.4 Å². The number of hydrogen-bond donors (Lipinski definition) is 0. The summed E-state index contributed by atoms with van der Waals surface area (Å²) < 4.78 is 1.80. The Kier molecular flexibility index (Phi) is 1.59. The number of carbonyl (C=O) groups excluding carboxylic acids is 1. The molecule has 0 atom stereocenters. The maximum Gasteiger partial charge on any atom is 0.168 e. The molecule has 0 N–H and O–H groups in total. The van der Waals surface area contributed by atoms with E-state index in [1.54, 1.807) is 10.6 Å². The van der Waals surface area contributed by atoms with Gasteiger partial charge in [-0.2, -0.15) is 0 Å². The number of hydrogen-bond acceptors (Lipinski definition) is 2. The third-order valence-electron chi connectivity index (χ3n) is 2.55. The molecule has 3 heteroatoms. The van der Waals surface area contributed by atoms with Gasteiger partial charge >= 0.3 is 0 Å². The maximum absolute atomic E-state index is 10.8. The second-order valence-corrected chi connectivity index (χ2v) is 3.40. The summed E-state index contributed by atoms with van der Waals surface area (Å²) in [4.78, 5) is 15.0. The van der Waals surface area contributed by atoms with Crippen LogP contribution in [0.3, 0.4) is 0 Å². The average molecular weight is 196 g/mol. The zero-order valence-corrected chi connectivity index (χ0v) is 7.92. The molecule has 0 spiro atoms. The Balaban J connectivity index is 2.55. The van der Waals surface area contributed by atoms with Gasteiger partial charge in [-0.3, -0.25) is 9.20 Å². The molecule has 2 heterocycles. The summed E-state index contributed by atoms with van der Waals surface area (Å²) >= 11 is 0. The van der Waals surface area contributed by atoms with E-state index in [1.807, 2.05) is 36.5 Å². The van der Waals surface area contributed by atoms with Crippen molar-refractivity contribution in [3.63, 3.8) is 0 Å². The van der Waals surface area contributed by atoms with E-state index in [0.717, 1.165) is 22.7 Å². The Bertz CT molecular complexity index is 655. The number of imidazole rings is 1. The molecule has 3 aromatic rings. The van der Waals surface area contributed by atoms with Crippen molar-refractivity contribution in [1.29, 1.82) is 0 Å². The van der Waals surface area contributed by atoms with E-state index in [2.05, 4.69) is 4.98 Å². The largest absolute Gasteiger partial charge is 0.297 e. The van der Waals surface area contributed by atoms with Crippen molar-refractivity contribution in [2.24, 2.45) is 0 Å². The molecule has 0 aliphatic rings. The van der Waals surface area contributed by atoms with Gasteiger partial charge in [0.25, 0.3) is 0 Å². The summed E-state index contributed by atoms with van der Waals surface area (Å²) in [7, 11) is 0. The van der Waals surface area contributed by atoms with Crippen molar-refractivity contribution in [1.82, 2.24) is 9.38 Å². The number of benzene rings is 1. The number of nitrogens with zero attached hydrogens (tertiary/aromatic N) is 2. The van der Waals surface area contributed by atoms with E-state index >= 15 is 0 Å². The Morgan fingerprint density at radius 2 is 2.07 bits per heavy atom. The van der Waals surface area contributed by atoms with Gasteiger partial charge in [-0.05, 0) is 11.5 Å². The normalized spacial score (nSPS) is 10.9. The molecule has 0 aliphatic carbocycles. The van der Waals surface area contributed by atoms with Gasteiger partial charge in [0.2, 0.25) is 0 Å². The van der Waals surface area contributed by atoms with Crippen molar-refractivity contribution in [2.75, 3.05) is 0 Å². The van der Waals surface area contributed by atoms with E-state index in [1.165, 1.54) is 0 Å². The maximum atomic E-state index is 10.8. The molecule has 0 radical (unpaired) electrons. The highest BCUT2D eigenvalue weighted by atomic mass is 16.1. The minimum Gasteiger partial charge on any atom is -0.297 e. The van der Waals surface area contributed by atoms with Crippen LogP contribution in [0.5, 0.6) is 0 Å². The van der Waals surface area contributed by atoms with Crippen LogP contribution >= 0.6 is 0 Å². The molecule has 0 saturated carbocycles. The fourth-order valence-electron chi connectivity index (χ4n) is 1.82. The summed E-state index contributed by atoms with van der Waals surface area (Å²) in [6, 6.07) is 9.98. The molecular weight excluding hydrogens is 188 g/mol. The molecule has 0 fully saturated rings. The lowest BCUT2D eigenvalue weighted by molar-refractivity contribution is 0.111. The highest BCUT2D eigenvalue weighted by molar-refractivity contribution is 5.95. The fraction of sp³-hybridized carbons (Fsp3) is 0. The third-order valence-corrected chi connectivity index (χ3v) is 2.55. The zero-order chi connectivity index (χ0) is 10.3. The van der Waals surface area contributed by atoms with Gasteiger partial charge in [-0.1, -0.05) is 24.3 Å². The number of rotatable bonds is 1. The first-order chi connectivity index (χ1) is 7.40. The SMILES string of the molecule is O=Cc1cnc2c3ccccc3ccn12. The van der Waals surface area contributed by atoms with Gasteiger partial charge in [-0.25, -0.2) is 4.98 Å². The smallest absolute Gasteiger partial charge is 0.168 e. The summed E-state index contributed by atoms with van der Waals surface area (Å²) in [5.41, 5.74) is 1.41. The number of fused-ring (bicyclic) bond motifs is 3. The van der Waals surface area contributed by atoms with Gasteiger partial charge in [0, 0.05) is 11.6 Å². The van der Waals surface area contributed by atoms with Crippen LogP contribution in [0.1, 0.15) is 10.5 Å². The van der Waals surface area contributed by atoms with Crippen LogP contribution in [0.2, 0.25) is 0 Å². The van der Waals surface area contributed by atoms with Crippen molar-refractivity contribution < 1.29 is 4.79 Å². The first-order valence-corrected chi connectivity index (χ1v) is 4.70. The molecule has 1 aromatic carbocycles. The fourth-order valence-corrected chi connectivity index (χ4v) is 1.82. The minimum atomic E-state index is 0.579. The first-order valence-electron chi connectivity index (χ1n) is 4.70. The van der Waals surface area contributed by atoms with Crippen molar-refractivity contribution in [3.8, 4) is 0 Å². The van der Waals surface area contributed by atoms with E-state index < -0.39 is 0 Å². The summed E-state index contributed by atoms with van der Waals surface area (Å²) in [6.45, 7) is 0. The van der Waals surface area contributed by atoms with Gasteiger partial charge in [0.15, 0.2) is 6.29 Å². The summed E-state index contributed by atoms with van der Waals surface area (Å²) in [5, 5.41) is 2.20. The molecule has 0 unspecified atom stereocenters. The number of aldehydes is 1. The van der Waals surface area contributed by atoms with Crippen LogP contribution < -0.4 is 0 Å². The standard InChI is InChI=1S/C12H8N2O/c15-8-10-7-13-12-11-4-2-1-3-9(11)5-6-14(10)12/h1-8H. The molecule has 0 bridgehead atoms. The van der Waals surface area contributed by atoms with Crippen molar-refractivity contribution in [2.45, 2.75) is 0 Å². The Morgan fingerprint density at radius 1 is 1.20 bits per heavy atom. The second kappa shape index (κ2) is 2.92. The first kappa shape index (κ1) is 8.17. The zero-order valence-electron chi connectivity index (χ0n) is 7.92. The van der Waals surface area contributed by atoms with Gasteiger partial charge < -0.3 is 0 Å². The van der Waals surface area contributed by atoms with E-state index in [9.17, 15) is 4.79 Å². The van der Waals surface area contributed by atoms with Crippen LogP contribution in [0.15, 0.2) is 42.7 Å². The predicted molar refractivity (Wildman–Crippen MR) is 58.1 cm³/mol. The molecule has 2 aromatic heterocycles. The average Bonchev–Trinajstić information content (AvgIpc) is 2.72. The lowest BCUT2D eigenvalue weighted by atomic mass is 10.2. The Hall–Kier alpha value is -2.16. The quantitative estimate of drug-likeness (QED) is 0.559. The lowest BCUT2D eigenvalue weighted by Gasteiger charge is -2.00. The summed E-state index contributed by atoms with van der Waals surface area (Å²) in [5.74, 6) is 0. The van der Waals surface area contributed by atoms with Gasteiger partial charge in [0.1, 0.15) is 11.3 Å². The van der Waals surface area contributed by atoms with Crippen LogP contribution in [0.25, 0.3) is 16.4 Å². The van der Waals surface area contributed by atoms with E-state index in [0.29, 0.717) is 5.69 Å². The number of aromatic nitrogens is 2. The minimum absolute atomic E-state index is 0.579. The molecule has 0 amide bonds. The number of pyridine rings is 1.